The number of hydrogen-bond donors (Lipinski definition) is 0. The van der Waals surface area contributed by atoms with Gasteiger partial charge in [-0.3, -0.25) is 5.01 Å². The van der Waals surface area contributed by atoms with Gasteiger partial charge in [-0.15, -0.1) is 4.91 Å². The first-order chi connectivity index (χ1) is 3.83. The quantitative estimate of drug-likeness (QED) is 0.476. The minimum Gasteiger partial charge on any atom is -0.261 e. The first kappa shape index (κ1) is 5.54. The molecule has 46 valence electrons. The molecule has 0 unspecified atom stereocenters. The van der Waals surface area contributed by atoms with Crippen molar-refractivity contribution in [2.75, 3.05) is 13.1 Å². The molecular formula is C5H10N2O. The second-order valence-corrected chi connectivity index (χ2v) is 2.39. The summed E-state index contributed by atoms with van der Waals surface area (Å²) in [5.41, 5.74) is 0. The SMILES string of the molecule is C[C@@H]1CCN(N=O)C1. The summed E-state index contributed by atoms with van der Waals surface area (Å²) in [7, 11) is 0. The molecule has 0 bridgehead atoms. The lowest BCUT2D eigenvalue weighted by molar-refractivity contribution is 0.343. The highest BCUT2D eigenvalue weighted by Crippen LogP contribution is 2.13. The molecule has 0 amide bonds. The Hall–Kier alpha value is -0.600. The predicted octanol–water partition coefficient (Wildman–Crippen LogP) is 1.01. The molecule has 0 aromatic rings. The molecule has 1 fully saturated rings. The molecule has 3 heteroatoms. The number of rotatable bonds is 1. The molecule has 3 nitrogen and oxygen atoms in total. The van der Waals surface area contributed by atoms with E-state index in [1.165, 1.54) is 0 Å². The monoisotopic (exact) mass is 114 g/mol. The van der Waals surface area contributed by atoms with E-state index in [0.29, 0.717) is 5.92 Å². The molecule has 0 aromatic heterocycles. The van der Waals surface area contributed by atoms with Gasteiger partial charge >= 0.3 is 0 Å². The molecule has 0 spiro atoms. The van der Waals surface area contributed by atoms with Crippen molar-refractivity contribution in [1.29, 1.82) is 0 Å². The van der Waals surface area contributed by atoms with E-state index in [2.05, 4.69) is 12.2 Å². The van der Waals surface area contributed by atoms with Crippen molar-refractivity contribution < 1.29 is 0 Å². The summed E-state index contributed by atoms with van der Waals surface area (Å²) >= 11 is 0. The average molecular weight is 114 g/mol. The topological polar surface area (TPSA) is 32.7 Å². The third-order valence-corrected chi connectivity index (χ3v) is 1.52. The molecule has 0 aromatic carbocycles. The fraction of sp³-hybridized carbons (Fsp3) is 1.00. The maximum Gasteiger partial charge on any atom is 0.0524 e. The van der Waals surface area contributed by atoms with E-state index in [1.807, 2.05) is 0 Å². The summed E-state index contributed by atoms with van der Waals surface area (Å²) < 4.78 is 0. The van der Waals surface area contributed by atoms with E-state index < -0.39 is 0 Å². The zero-order valence-electron chi connectivity index (χ0n) is 5.00. The summed E-state index contributed by atoms with van der Waals surface area (Å²) in [4.78, 5) is 9.83. The summed E-state index contributed by atoms with van der Waals surface area (Å²) in [5.74, 6) is 0.660. The summed E-state index contributed by atoms with van der Waals surface area (Å²) in [5, 5.41) is 4.40. The van der Waals surface area contributed by atoms with Crippen LogP contribution in [0, 0.1) is 10.8 Å². The third-order valence-electron chi connectivity index (χ3n) is 1.52. The molecule has 0 saturated carbocycles. The maximum absolute atomic E-state index is 9.83. The molecule has 1 aliphatic rings. The van der Waals surface area contributed by atoms with E-state index in [0.717, 1.165) is 19.5 Å². The molecule has 0 radical (unpaired) electrons. The van der Waals surface area contributed by atoms with Crippen LogP contribution in [0.15, 0.2) is 5.29 Å². The molecular weight excluding hydrogens is 104 g/mol. The van der Waals surface area contributed by atoms with Crippen LogP contribution in [0.4, 0.5) is 0 Å². The van der Waals surface area contributed by atoms with Gasteiger partial charge < -0.3 is 0 Å². The first-order valence-electron chi connectivity index (χ1n) is 2.91. The van der Waals surface area contributed by atoms with Crippen LogP contribution in [0.5, 0.6) is 0 Å². The number of nitrogens with zero attached hydrogens (tertiary/aromatic N) is 2. The minimum absolute atomic E-state index is 0.660. The molecule has 1 atom stereocenters. The van der Waals surface area contributed by atoms with Gasteiger partial charge in [0.15, 0.2) is 0 Å². The highest BCUT2D eigenvalue weighted by Gasteiger charge is 2.16. The highest BCUT2D eigenvalue weighted by atomic mass is 16.3. The molecule has 1 saturated heterocycles. The van der Waals surface area contributed by atoms with Gasteiger partial charge in [0.1, 0.15) is 0 Å². The molecule has 0 aliphatic carbocycles. The normalized spacial score (nSPS) is 28.6. The maximum atomic E-state index is 9.83. The van der Waals surface area contributed by atoms with Crippen molar-refractivity contribution in [3.05, 3.63) is 4.91 Å². The van der Waals surface area contributed by atoms with Gasteiger partial charge in [-0.25, -0.2) is 0 Å². The average Bonchev–Trinajstić information content (AvgIpc) is 2.14. The van der Waals surface area contributed by atoms with Crippen LogP contribution in [0.2, 0.25) is 0 Å². The smallest absolute Gasteiger partial charge is 0.0524 e. The van der Waals surface area contributed by atoms with Gasteiger partial charge in [0, 0.05) is 13.1 Å². The Bertz CT molecular complexity index is 94.4. The lowest BCUT2D eigenvalue weighted by Crippen LogP contribution is -2.10. The molecule has 1 heterocycles. The predicted molar refractivity (Wildman–Crippen MR) is 31.1 cm³/mol. The van der Waals surface area contributed by atoms with Gasteiger partial charge in [0.25, 0.3) is 0 Å². The third kappa shape index (κ3) is 0.967. The zero-order chi connectivity index (χ0) is 5.98. The van der Waals surface area contributed by atoms with Gasteiger partial charge in [-0.2, -0.15) is 0 Å². The Morgan fingerprint density at radius 2 is 2.50 bits per heavy atom. The zero-order valence-corrected chi connectivity index (χ0v) is 5.00. The summed E-state index contributed by atoms with van der Waals surface area (Å²) in [6, 6.07) is 0. The minimum atomic E-state index is 0.660. The second-order valence-electron chi connectivity index (χ2n) is 2.39. The van der Waals surface area contributed by atoms with Crippen molar-refractivity contribution in [1.82, 2.24) is 5.01 Å². The first-order valence-corrected chi connectivity index (χ1v) is 2.91. The fourth-order valence-corrected chi connectivity index (χ4v) is 0.986. The summed E-state index contributed by atoms with van der Waals surface area (Å²) in [6.45, 7) is 3.83. The van der Waals surface area contributed by atoms with Crippen molar-refractivity contribution in [3.8, 4) is 0 Å². The number of nitroso groups, excluding NO2 is 1. The molecule has 0 N–H and O–H groups in total. The van der Waals surface area contributed by atoms with E-state index in [-0.39, 0.29) is 0 Å². The van der Waals surface area contributed by atoms with E-state index in [9.17, 15) is 4.91 Å². The van der Waals surface area contributed by atoms with Crippen LogP contribution in [0.25, 0.3) is 0 Å². The van der Waals surface area contributed by atoms with E-state index in [4.69, 9.17) is 0 Å². The lowest BCUT2D eigenvalue weighted by atomic mass is 10.2. The van der Waals surface area contributed by atoms with Gasteiger partial charge in [0.05, 0.1) is 5.29 Å². The largest absolute Gasteiger partial charge is 0.261 e. The Balaban J connectivity index is 2.32. The number of hydrogen-bond acceptors (Lipinski definition) is 2. The highest BCUT2D eigenvalue weighted by molar-refractivity contribution is 4.67. The standard InChI is InChI=1S/C5H10N2O/c1-5-2-3-7(4-5)6-8/h5H,2-4H2,1H3/t5-/m1/s1. The van der Waals surface area contributed by atoms with Gasteiger partial charge in [-0.05, 0) is 12.3 Å². The van der Waals surface area contributed by atoms with Crippen molar-refractivity contribution >= 4 is 0 Å². The Morgan fingerprint density at radius 1 is 1.75 bits per heavy atom. The fourth-order valence-electron chi connectivity index (χ4n) is 0.986. The van der Waals surface area contributed by atoms with Gasteiger partial charge in [-0.1, -0.05) is 6.92 Å². The van der Waals surface area contributed by atoms with Gasteiger partial charge in [0.2, 0.25) is 0 Å². The van der Waals surface area contributed by atoms with E-state index in [1.54, 1.807) is 5.01 Å². The van der Waals surface area contributed by atoms with Crippen LogP contribution in [-0.4, -0.2) is 18.1 Å². The Labute approximate surface area is 48.6 Å². The second kappa shape index (κ2) is 2.11. The van der Waals surface area contributed by atoms with Crippen LogP contribution in [0.1, 0.15) is 13.3 Å². The van der Waals surface area contributed by atoms with Crippen LogP contribution in [0.3, 0.4) is 0 Å². The molecule has 8 heavy (non-hydrogen) atoms. The van der Waals surface area contributed by atoms with Crippen molar-refractivity contribution in [3.63, 3.8) is 0 Å². The van der Waals surface area contributed by atoms with Crippen LogP contribution >= 0.6 is 0 Å². The lowest BCUT2D eigenvalue weighted by Gasteiger charge is -2.02. The summed E-state index contributed by atoms with van der Waals surface area (Å²) in [6.07, 6.45) is 1.12. The van der Waals surface area contributed by atoms with E-state index >= 15 is 0 Å². The van der Waals surface area contributed by atoms with Crippen molar-refractivity contribution in [2.45, 2.75) is 13.3 Å². The molecule has 1 aliphatic heterocycles. The van der Waals surface area contributed by atoms with Crippen LogP contribution < -0.4 is 0 Å². The van der Waals surface area contributed by atoms with Crippen LogP contribution in [-0.2, 0) is 0 Å². The molecule has 1 rings (SSSR count). The Kier molecular flexibility index (Phi) is 1.46. The van der Waals surface area contributed by atoms with Crippen molar-refractivity contribution in [2.24, 2.45) is 11.2 Å². The Morgan fingerprint density at radius 3 is 2.75 bits per heavy atom.